The molecular weight excluding hydrogens is 378 g/mol. The van der Waals surface area contributed by atoms with E-state index in [-0.39, 0.29) is 23.9 Å². The molecule has 0 spiro atoms. The second kappa shape index (κ2) is 7.57. The molecule has 0 aliphatic carbocycles. The van der Waals surface area contributed by atoms with Crippen molar-refractivity contribution in [3.63, 3.8) is 0 Å². The molecule has 7 nitrogen and oxygen atoms in total. The van der Waals surface area contributed by atoms with Crippen LogP contribution in [-0.2, 0) is 0 Å². The van der Waals surface area contributed by atoms with E-state index in [1.165, 1.54) is 0 Å². The standard InChI is InChI=1S/C23H25N5O2/c1-15-7-8-20-19(11-15)21(26-25-20)22(29)24-12-18-14-28(17-9-10-27(18)13-17)23(30)16-5-3-2-4-6-16/h2-8,11,17-18H,9-10,12-14H2,1H3,(H,24,29)(H,25,26). The molecule has 0 saturated carbocycles. The lowest BCUT2D eigenvalue weighted by Gasteiger charge is -2.40. The zero-order valence-corrected chi connectivity index (χ0v) is 17.0. The van der Waals surface area contributed by atoms with Gasteiger partial charge in [0, 0.05) is 49.2 Å². The van der Waals surface area contributed by atoms with Gasteiger partial charge < -0.3 is 10.2 Å². The highest BCUT2D eigenvalue weighted by Crippen LogP contribution is 2.26. The van der Waals surface area contributed by atoms with E-state index in [1.54, 1.807) is 0 Å². The van der Waals surface area contributed by atoms with Gasteiger partial charge >= 0.3 is 0 Å². The number of nitrogens with zero attached hydrogens (tertiary/aromatic N) is 3. The fraction of sp³-hybridized carbons (Fsp3) is 0.348. The summed E-state index contributed by atoms with van der Waals surface area (Å²) in [6.45, 7) is 4.93. The molecule has 2 N–H and O–H groups in total. The summed E-state index contributed by atoms with van der Waals surface area (Å²) in [6, 6.07) is 15.7. The van der Waals surface area contributed by atoms with Crippen LogP contribution in [0.5, 0.6) is 0 Å². The number of H-pyrrole nitrogens is 1. The molecule has 3 heterocycles. The molecule has 2 saturated heterocycles. The molecule has 0 radical (unpaired) electrons. The summed E-state index contributed by atoms with van der Waals surface area (Å²) in [5.74, 6) is -0.110. The number of piperazine rings is 1. The fourth-order valence-corrected chi connectivity index (χ4v) is 4.63. The number of carbonyl (C=O) groups is 2. The monoisotopic (exact) mass is 403 g/mol. The van der Waals surface area contributed by atoms with Crippen LogP contribution < -0.4 is 5.32 Å². The zero-order chi connectivity index (χ0) is 20.7. The predicted molar refractivity (Wildman–Crippen MR) is 114 cm³/mol. The van der Waals surface area contributed by atoms with Crippen molar-refractivity contribution in [3.05, 3.63) is 65.4 Å². The highest BCUT2D eigenvalue weighted by molar-refractivity contribution is 6.04. The number of nitrogens with one attached hydrogen (secondary N) is 2. The first-order valence-electron chi connectivity index (χ1n) is 10.4. The minimum absolute atomic E-state index is 0.0762. The molecule has 3 aromatic rings. The summed E-state index contributed by atoms with van der Waals surface area (Å²) in [6.07, 6.45) is 0.978. The molecule has 2 amide bonds. The van der Waals surface area contributed by atoms with Crippen molar-refractivity contribution < 1.29 is 9.59 Å². The van der Waals surface area contributed by atoms with Gasteiger partial charge in [-0.3, -0.25) is 19.6 Å². The summed E-state index contributed by atoms with van der Waals surface area (Å²) in [5, 5.41) is 11.0. The SMILES string of the molecule is Cc1ccc2[nH]nc(C(=O)NCC3CN(C(=O)c4ccccc4)C4CCN3C4)c2c1. The molecule has 2 aromatic carbocycles. The van der Waals surface area contributed by atoms with Crippen LogP contribution in [-0.4, -0.2) is 70.1 Å². The molecule has 2 fully saturated rings. The second-order valence-corrected chi connectivity index (χ2v) is 8.25. The number of fused-ring (bicyclic) bond motifs is 3. The fourth-order valence-electron chi connectivity index (χ4n) is 4.63. The maximum absolute atomic E-state index is 13.0. The quantitative estimate of drug-likeness (QED) is 0.700. The molecule has 154 valence electrons. The Morgan fingerprint density at radius 1 is 1.17 bits per heavy atom. The van der Waals surface area contributed by atoms with Gasteiger partial charge in [-0.15, -0.1) is 0 Å². The number of amides is 2. The summed E-state index contributed by atoms with van der Waals surface area (Å²) < 4.78 is 0. The molecule has 2 aliphatic heterocycles. The normalized spacial score (nSPS) is 23.0. The number of rotatable bonds is 4. The van der Waals surface area contributed by atoms with Crippen molar-refractivity contribution in [2.45, 2.75) is 25.4 Å². The Morgan fingerprint density at radius 3 is 2.83 bits per heavy atom. The lowest BCUT2D eigenvalue weighted by Crippen LogP contribution is -2.57. The summed E-state index contributed by atoms with van der Waals surface area (Å²) >= 11 is 0. The van der Waals surface area contributed by atoms with E-state index in [9.17, 15) is 9.59 Å². The van der Waals surface area contributed by atoms with Crippen molar-refractivity contribution in [1.82, 2.24) is 25.3 Å². The maximum Gasteiger partial charge on any atom is 0.272 e. The summed E-state index contributed by atoms with van der Waals surface area (Å²) in [5.41, 5.74) is 3.08. The summed E-state index contributed by atoms with van der Waals surface area (Å²) in [4.78, 5) is 30.2. The van der Waals surface area contributed by atoms with Gasteiger partial charge in [0.05, 0.1) is 5.52 Å². The topological polar surface area (TPSA) is 81.3 Å². The first-order chi connectivity index (χ1) is 14.6. The van der Waals surface area contributed by atoms with Crippen molar-refractivity contribution in [2.24, 2.45) is 0 Å². The number of aromatic amines is 1. The van der Waals surface area contributed by atoms with Crippen LogP contribution in [0.1, 0.15) is 32.8 Å². The number of hydrogen-bond donors (Lipinski definition) is 2. The molecule has 3 unspecified atom stereocenters. The third-order valence-corrected chi connectivity index (χ3v) is 6.27. The van der Waals surface area contributed by atoms with Gasteiger partial charge in [0.15, 0.2) is 5.69 Å². The van der Waals surface area contributed by atoms with Gasteiger partial charge in [-0.05, 0) is 37.6 Å². The molecule has 5 rings (SSSR count). The van der Waals surface area contributed by atoms with E-state index in [2.05, 4.69) is 20.4 Å². The van der Waals surface area contributed by atoms with Crippen LogP contribution in [0.2, 0.25) is 0 Å². The van der Waals surface area contributed by atoms with E-state index >= 15 is 0 Å². The van der Waals surface area contributed by atoms with Gasteiger partial charge in [-0.2, -0.15) is 5.10 Å². The molecule has 2 bridgehead atoms. The third-order valence-electron chi connectivity index (χ3n) is 6.27. The van der Waals surface area contributed by atoms with Crippen LogP contribution in [0.25, 0.3) is 10.9 Å². The Morgan fingerprint density at radius 2 is 2.00 bits per heavy atom. The number of hydrogen-bond acceptors (Lipinski definition) is 4. The Bertz CT molecular complexity index is 1090. The van der Waals surface area contributed by atoms with E-state index in [1.807, 2.05) is 60.4 Å². The Hall–Kier alpha value is -3.19. The van der Waals surface area contributed by atoms with Crippen LogP contribution >= 0.6 is 0 Å². The molecule has 1 aromatic heterocycles. The number of aryl methyl sites for hydroxylation is 1. The minimum Gasteiger partial charge on any atom is -0.349 e. The summed E-state index contributed by atoms with van der Waals surface area (Å²) in [7, 11) is 0. The Kier molecular flexibility index (Phi) is 4.75. The van der Waals surface area contributed by atoms with Gasteiger partial charge in [0.1, 0.15) is 0 Å². The smallest absolute Gasteiger partial charge is 0.272 e. The van der Waals surface area contributed by atoms with E-state index in [0.29, 0.717) is 18.8 Å². The lowest BCUT2D eigenvalue weighted by molar-refractivity contribution is 0.0493. The number of carbonyl (C=O) groups excluding carboxylic acids is 2. The third kappa shape index (κ3) is 3.35. The minimum atomic E-state index is -0.186. The Labute approximate surface area is 175 Å². The highest BCUT2D eigenvalue weighted by Gasteiger charge is 2.40. The number of aromatic nitrogens is 2. The van der Waals surface area contributed by atoms with Crippen LogP contribution in [0, 0.1) is 6.92 Å². The van der Waals surface area contributed by atoms with E-state index in [0.717, 1.165) is 41.5 Å². The van der Waals surface area contributed by atoms with Gasteiger partial charge in [-0.25, -0.2) is 0 Å². The molecular formula is C23H25N5O2. The maximum atomic E-state index is 13.0. The van der Waals surface area contributed by atoms with Crippen molar-refractivity contribution in [2.75, 3.05) is 26.2 Å². The predicted octanol–water partition coefficient (Wildman–Crippen LogP) is 2.20. The van der Waals surface area contributed by atoms with E-state index < -0.39 is 0 Å². The average molecular weight is 403 g/mol. The van der Waals surface area contributed by atoms with Crippen LogP contribution in [0.3, 0.4) is 0 Å². The number of benzene rings is 2. The van der Waals surface area contributed by atoms with Crippen molar-refractivity contribution >= 4 is 22.7 Å². The van der Waals surface area contributed by atoms with Crippen molar-refractivity contribution in [1.29, 1.82) is 0 Å². The molecule has 2 aliphatic rings. The molecule has 7 heteroatoms. The highest BCUT2D eigenvalue weighted by atomic mass is 16.2. The van der Waals surface area contributed by atoms with Gasteiger partial charge in [-0.1, -0.05) is 29.8 Å². The first-order valence-corrected chi connectivity index (χ1v) is 10.4. The molecule has 3 atom stereocenters. The lowest BCUT2D eigenvalue weighted by atomic mass is 10.1. The van der Waals surface area contributed by atoms with Gasteiger partial charge in [0.2, 0.25) is 0 Å². The molecule has 30 heavy (non-hydrogen) atoms. The Balaban J connectivity index is 1.29. The second-order valence-electron chi connectivity index (χ2n) is 8.25. The zero-order valence-electron chi connectivity index (χ0n) is 17.0. The largest absolute Gasteiger partial charge is 0.349 e. The van der Waals surface area contributed by atoms with Crippen LogP contribution in [0.4, 0.5) is 0 Å². The van der Waals surface area contributed by atoms with Gasteiger partial charge in [0.25, 0.3) is 11.8 Å². The first kappa shape index (κ1) is 18.8. The average Bonchev–Trinajstić information content (AvgIpc) is 3.38. The van der Waals surface area contributed by atoms with E-state index in [4.69, 9.17) is 0 Å². The van der Waals surface area contributed by atoms with Crippen molar-refractivity contribution in [3.8, 4) is 0 Å². The van der Waals surface area contributed by atoms with Crippen LogP contribution in [0.15, 0.2) is 48.5 Å².